The van der Waals surface area contributed by atoms with Crippen LogP contribution < -0.4 is 5.32 Å². The highest BCUT2D eigenvalue weighted by atomic mass is 15.4. The quantitative estimate of drug-likeness (QED) is 0.804. The van der Waals surface area contributed by atoms with E-state index in [1.165, 1.54) is 5.69 Å². The summed E-state index contributed by atoms with van der Waals surface area (Å²) in [5.41, 5.74) is 1.17. The molecule has 2 atom stereocenters. The van der Waals surface area contributed by atoms with Crippen molar-refractivity contribution in [2.45, 2.75) is 25.6 Å². The molecule has 1 aromatic rings. The van der Waals surface area contributed by atoms with E-state index in [2.05, 4.69) is 46.4 Å². The summed E-state index contributed by atoms with van der Waals surface area (Å²) in [6.45, 7) is 6.26. The van der Waals surface area contributed by atoms with Gasteiger partial charge in [-0.2, -0.15) is 0 Å². The van der Waals surface area contributed by atoms with Crippen LogP contribution in [0.25, 0.3) is 0 Å². The molecule has 2 unspecified atom stereocenters. The molecule has 0 radical (unpaired) electrons. The molecule has 1 aliphatic heterocycles. The van der Waals surface area contributed by atoms with E-state index >= 15 is 0 Å². The minimum atomic E-state index is 0.271. The first-order chi connectivity index (χ1) is 8.67. The second-order valence-corrected chi connectivity index (χ2v) is 5.05. The van der Waals surface area contributed by atoms with E-state index in [-0.39, 0.29) is 6.04 Å². The van der Waals surface area contributed by atoms with E-state index in [1.54, 1.807) is 0 Å². The van der Waals surface area contributed by atoms with Crippen LogP contribution in [0.1, 0.15) is 18.7 Å². The molecule has 0 aliphatic carbocycles. The molecule has 0 saturated carbocycles. The summed E-state index contributed by atoms with van der Waals surface area (Å²) in [6.07, 6.45) is 1.88. The predicted molar refractivity (Wildman–Crippen MR) is 71.4 cm³/mol. The summed E-state index contributed by atoms with van der Waals surface area (Å²) in [5, 5.41) is 11.6. The Morgan fingerprint density at radius 2 is 2.22 bits per heavy atom. The van der Waals surface area contributed by atoms with Crippen LogP contribution in [0.3, 0.4) is 0 Å². The zero-order chi connectivity index (χ0) is 13.1. The van der Waals surface area contributed by atoms with Crippen molar-refractivity contribution in [1.82, 2.24) is 30.1 Å². The number of likely N-dealkylation sites (N-methyl/N-ethyl adjacent to an activating group) is 3. The fourth-order valence-electron chi connectivity index (χ4n) is 2.69. The molecule has 6 heteroatoms. The fraction of sp³-hybridized carbons (Fsp3) is 0.833. The fourth-order valence-corrected chi connectivity index (χ4v) is 2.69. The molecule has 0 bridgehead atoms. The highest BCUT2D eigenvalue weighted by Gasteiger charge is 2.31. The molecule has 1 saturated heterocycles. The second-order valence-electron chi connectivity index (χ2n) is 5.05. The van der Waals surface area contributed by atoms with Crippen LogP contribution >= 0.6 is 0 Å². The Hall–Kier alpha value is -0.980. The highest BCUT2D eigenvalue weighted by Crippen LogP contribution is 2.22. The minimum absolute atomic E-state index is 0.271. The maximum Gasteiger partial charge on any atom is 0.0772 e. The van der Waals surface area contributed by atoms with Crippen molar-refractivity contribution in [1.29, 1.82) is 0 Å². The second kappa shape index (κ2) is 5.77. The van der Waals surface area contributed by atoms with Gasteiger partial charge in [-0.15, -0.1) is 5.10 Å². The van der Waals surface area contributed by atoms with Gasteiger partial charge in [0.1, 0.15) is 0 Å². The first-order valence-electron chi connectivity index (χ1n) is 6.61. The molecule has 0 amide bonds. The van der Waals surface area contributed by atoms with Gasteiger partial charge in [-0.25, -0.2) is 4.68 Å². The van der Waals surface area contributed by atoms with Crippen molar-refractivity contribution >= 4 is 0 Å². The number of aryl methyl sites for hydroxylation is 1. The van der Waals surface area contributed by atoms with Crippen molar-refractivity contribution in [2.75, 3.05) is 40.8 Å². The summed E-state index contributed by atoms with van der Waals surface area (Å²) < 4.78 is 1.98. The van der Waals surface area contributed by atoms with Crippen LogP contribution in [-0.4, -0.2) is 71.6 Å². The lowest BCUT2D eigenvalue weighted by Gasteiger charge is -2.41. The lowest BCUT2D eigenvalue weighted by Crippen LogP contribution is -2.55. The third-order valence-corrected chi connectivity index (χ3v) is 3.86. The third kappa shape index (κ3) is 2.55. The molecule has 0 spiro atoms. The summed E-state index contributed by atoms with van der Waals surface area (Å²) in [5.74, 6) is 0. The Morgan fingerprint density at radius 3 is 2.89 bits per heavy atom. The Balaban J connectivity index is 2.22. The molecule has 2 heterocycles. The van der Waals surface area contributed by atoms with E-state index in [4.69, 9.17) is 0 Å². The summed E-state index contributed by atoms with van der Waals surface area (Å²) in [7, 11) is 6.39. The van der Waals surface area contributed by atoms with Crippen LogP contribution in [-0.2, 0) is 6.54 Å². The molecule has 1 fully saturated rings. The van der Waals surface area contributed by atoms with Gasteiger partial charge in [0, 0.05) is 32.2 Å². The Kier molecular flexibility index (Phi) is 4.31. The number of hydrogen-bond donors (Lipinski definition) is 1. The Labute approximate surface area is 109 Å². The van der Waals surface area contributed by atoms with E-state index in [0.29, 0.717) is 6.04 Å². The SMILES string of the molecule is CCn1nncc1C(NC)C1CN(C)CCN1C. The summed E-state index contributed by atoms with van der Waals surface area (Å²) in [6, 6.07) is 0.727. The Morgan fingerprint density at radius 1 is 1.44 bits per heavy atom. The largest absolute Gasteiger partial charge is 0.310 e. The molecular formula is C12H24N6. The number of hydrogen-bond acceptors (Lipinski definition) is 5. The average molecular weight is 252 g/mol. The van der Waals surface area contributed by atoms with Crippen molar-refractivity contribution in [3.63, 3.8) is 0 Å². The van der Waals surface area contributed by atoms with Crippen molar-refractivity contribution in [2.24, 2.45) is 0 Å². The standard InChI is InChI=1S/C12H24N6/c1-5-18-10(8-14-15-18)12(13-2)11-9-16(3)6-7-17(11)4/h8,11-13H,5-7,9H2,1-4H3. The maximum absolute atomic E-state index is 4.14. The first-order valence-corrected chi connectivity index (χ1v) is 6.61. The first kappa shape index (κ1) is 13.5. The highest BCUT2D eigenvalue weighted by molar-refractivity contribution is 5.08. The molecular weight excluding hydrogens is 228 g/mol. The molecule has 18 heavy (non-hydrogen) atoms. The smallest absolute Gasteiger partial charge is 0.0772 e. The molecule has 102 valence electrons. The normalized spacial score (nSPS) is 24.3. The molecule has 2 rings (SSSR count). The van der Waals surface area contributed by atoms with Gasteiger partial charge in [0.25, 0.3) is 0 Å². The Bertz CT molecular complexity index is 376. The van der Waals surface area contributed by atoms with E-state index in [9.17, 15) is 0 Å². The number of rotatable bonds is 4. The minimum Gasteiger partial charge on any atom is -0.310 e. The van der Waals surface area contributed by atoms with Crippen molar-refractivity contribution in [3.05, 3.63) is 11.9 Å². The monoisotopic (exact) mass is 252 g/mol. The van der Waals surface area contributed by atoms with Crippen molar-refractivity contribution < 1.29 is 0 Å². The molecule has 6 nitrogen and oxygen atoms in total. The van der Waals surface area contributed by atoms with Gasteiger partial charge in [0.05, 0.1) is 17.9 Å². The number of nitrogens with one attached hydrogen (secondary N) is 1. The topological polar surface area (TPSA) is 49.2 Å². The predicted octanol–water partition coefficient (Wildman–Crippen LogP) is -0.196. The van der Waals surface area contributed by atoms with E-state index in [1.807, 2.05) is 17.9 Å². The number of aromatic nitrogens is 3. The van der Waals surface area contributed by atoms with Gasteiger partial charge in [0.15, 0.2) is 0 Å². The zero-order valence-corrected chi connectivity index (χ0v) is 11.8. The van der Waals surface area contributed by atoms with Gasteiger partial charge >= 0.3 is 0 Å². The average Bonchev–Trinajstić information content (AvgIpc) is 2.83. The number of nitrogens with zero attached hydrogens (tertiary/aromatic N) is 5. The van der Waals surface area contributed by atoms with Gasteiger partial charge in [-0.05, 0) is 28.1 Å². The summed E-state index contributed by atoms with van der Waals surface area (Å²) in [4.78, 5) is 4.81. The van der Waals surface area contributed by atoms with Gasteiger partial charge < -0.3 is 10.2 Å². The molecule has 1 aliphatic rings. The zero-order valence-electron chi connectivity index (χ0n) is 11.8. The van der Waals surface area contributed by atoms with Crippen LogP contribution in [0.4, 0.5) is 0 Å². The van der Waals surface area contributed by atoms with Crippen LogP contribution in [0.5, 0.6) is 0 Å². The molecule has 1 aromatic heterocycles. The number of piperazine rings is 1. The van der Waals surface area contributed by atoms with E-state index < -0.39 is 0 Å². The molecule has 0 aromatic carbocycles. The maximum atomic E-state index is 4.14. The lowest BCUT2D eigenvalue weighted by molar-refractivity contribution is 0.0874. The molecule has 1 N–H and O–H groups in total. The van der Waals surface area contributed by atoms with Gasteiger partial charge in [0.2, 0.25) is 0 Å². The lowest BCUT2D eigenvalue weighted by atomic mass is 10.0. The van der Waals surface area contributed by atoms with Gasteiger partial charge in [-0.3, -0.25) is 4.90 Å². The third-order valence-electron chi connectivity index (χ3n) is 3.86. The van der Waals surface area contributed by atoms with Gasteiger partial charge in [-0.1, -0.05) is 5.21 Å². The van der Waals surface area contributed by atoms with Crippen LogP contribution in [0.2, 0.25) is 0 Å². The van der Waals surface area contributed by atoms with Crippen LogP contribution in [0, 0.1) is 0 Å². The summed E-state index contributed by atoms with van der Waals surface area (Å²) >= 11 is 0. The van der Waals surface area contributed by atoms with Crippen molar-refractivity contribution in [3.8, 4) is 0 Å². The van der Waals surface area contributed by atoms with E-state index in [0.717, 1.165) is 26.2 Å². The van der Waals surface area contributed by atoms with Crippen LogP contribution in [0.15, 0.2) is 6.20 Å².